The molecule has 1 unspecified atom stereocenters. The Balaban J connectivity index is 2.38. The molecule has 1 aliphatic rings. The first kappa shape index (κ1) is 13.8. The van der Waals surface area contributed by atoms with Crippen molar-refractivity contribution >= 4 is 31.6 Å². The van der Waals surface area contributed by atoms with Crippen LogP contribution in [-0.4, -0.2) is 25.3 Å². The highest BCUT2D eigenvalue weighted by atomic mass is 79.9. The van der Waals surface area contributed by atoms with Crippen LogP contribution in [0.25, 0.3) is 0 Å². The van der Waals surface area contributed by atoms with Crippen LogP contribution in [-0.2, 0) is 10.0 Å². The molecule has 1 aliphatic heterocycles. The fourth-order valence-corrected chi connectivity index (χ4v) is 4.40. The SMILES string of the molecule is CCC1CCCN1S(=O)(=O)c1ccc(Br)c(N)c1. The molecule has 18 heavy (non-hydrogen) atoms. The number of nitrogens with zero attached hydrogens (tertiary/aromatic N) is 1. The summed E-state index contributed by atoms with van der Waals surface area (Å²) in [7, 11) is -3.41. The van der Waals surface area contributed by atoms with Gasteiger partial charge in [0.1, 0.15) is 0 Å². The number of nitrogens with two attached hydrogens (primary N) is 1. The molecule has 1 heterocycles. The number of benzene rings is 1. The molecule has 1 aromatic carbocycles. The van der Waals surface area contributed by atoms with Crippen LogP contribution in [0.2, 0.25) is 0 Å². The zero-order chi connectivity index (χ0) is 13.3. The van der Waals surface area contributed by atoms with Crippen molar-refractivity contribution in [1.82, 2.24) is 4.31 Å². The van der Waals surface area contributed by atoms with Crippen LogP contribution in [0.15, 0.2) is 27.6 Å². The second-order valence-electron chi connectivity index (χ2n) is 4.50. The molecule has 1 saturated heterocycles. The molecule has 0 bridgehead atoms. The molecule has 1 aromatic rings. The van der Waals surface area contributed by atoms with Gasteiger partial charge in [0.2, 0.25) is 10.0 Å². The lowest BCUT2D eigenvalue weighted by Crippen LogP contribution is -2.35. The number of halogens is 1. The van der Waals surface area contributed by atoms with Gasteiger partial charge in [-0.3, -0.25) is 0 Å². The minimum Gasteiger partial charge on any atom is -0.398 e. The summed E-state index contributed by atoms with van der Waals surface area (Å²) in [5.74, 6) is 0. The first-order valence-electron chi connectivity index (χ1n) is 6.03. The minimum atomic E-state index is -3.41. The maximum absolute atomic E-state index is 12.5. The number of anilines is 1. The molecule has 4 nitrogen and oxygen atoms in total. The molecule has 100 valence electrons. The van der Waals surface area contributed by atoms with E-state index >= 15 is 0 Å². The lowest BCUT2D eigenvalue weighted by atomic mass is 10.2. The summed E-state index contributed by atoms with van der Waals surface area (Å²) < 4.78 is 27.4. The van der Waals surface area contributed by atoms with Gasteiger partial charge in [0, 0.05) is 22.7 Å². The van der Waals surface area contributed by atoms with Crippen LogP contribution in [0.4, 0.5) is 5.69 Å². The molecule has 0 saturated carbocycles. The zero-order valence-electron chi connectivity index (χ0n) is 10.3. The third kappa shape index (κ3) is 2.41. The van der Waals surface area contributed by atoms with Crippen molar-refractivity contribution in [3.63, 3.8) is 0 Å². The van der Waals surface area contributed by atoms with Gasteiger partial charge >= 0.3 is 0 Å². The summed E-state index contributed by atoms with van der Waals surface area (Å²) in [6, 6.07) is 4.92. The Labute approximate surface area is 116 Å². The van der Waals surface area contributed by atoms with Gasteiger partial charge in [-0.2, -0.15) is 4.31 Å². The molecule has 2 N–H and O–H groups in total. The third-order valence-electron chi connectivity index (χ3n) is 3.37. The van der Waals surface area contributed by atoms with Gasteiger partial charge in [-0.05, 0) is 53.4 Å². The van der Waals surface area contributed by atoms with Crippen molar-refractivity contribution in [3.05, 3.63) is 22.7 Å². The van der Waals surface area contributed by atoms with Crippen molar-refractivity contribution in [2.75, 3.05) is 12.3 Å². The zero-order valence-corrected chi connectivity index (χ0v) is 12.7. The van der Waals surface area contributed by atoms with E-state index in [1.165, 1.54) is 6.07 Å². The summed E-state index contributed by atoms with van der Waals surface area (Å²) in [4.78, 5) is 0.281. The number of hydrogen-bond donors (Lipinski definition) is 1. The van der Waals surface area contributed by atoms with E-state index in [4.69, 9.17) is 5.73 Å². The molecule has 0 aliphatic carbocycles. The summed E-state index contributed by atoms with van der Waals surface area (Å²) in [6.45, 7) is 2.63. The van der Waals surface area contributed by atoms with E-state index < -0.39 is 10.0 Å². The average molecular weight is 333 g/mol. The molecular formula is C12H17BrN2O2S. The summed E-state index contributed by atoms with van der Waals surface area (Å²) in [6.07, 6.45) is 2.73. The van der Waals surface area contributed by atoms with Crippen LogP contribution in [0.5, 0.6) is 0 Å². The number of hydrogen-bond acceptors (Lipinski definition) is 3. The standard InChI is InChI=1S/C12H17BrN2O2S/c1-2-9-4-3-7-15(9)18(16,17)10-5-6-11(13)12(14)8-10/h5-6,8-9H,2-4,7,14H2,1H3. The number of nitrogen functional groups attached to an aromatic ring is 1. The van der Waals surface area contributed by atoms with E-state index in [-0.39, 0.29) is 10.9 Å². The second kappa shape index (κ2) is 5.19. The average Bonchev–Trinajstić information content (AvgIpc) is 2.81. The van der Waals surface area contributed by atoms with E-state index in [0.29, 0.717) is 12.2 Å². The van der Waals surface area contributed by atoms with E-state index in [0.717, 1.165) is 23.7 Å². The van der Waals surface area contributed by atoms with Gasteiger partial charge in [-0.15, -0.1) is 0 Å². The molecule has 6 heteroatoms. The fourth-order valence-electron chi connectivity index (χ4n) is 2.35. The molecule has 0 aromatic heterocycles. The summed E-state index contributed by atoms with van der Waals surface area (Å²) in [5, 5.41) is 0. The van der Waals surface area contributed by atoms with Gasteiger partial charge in [-0.1, -0.05) is 6.92 Å². The second-order valence-corrected chi connectivity index (χ2v) is 7.25. The van der Waals surface area contributed by atoms with Crippen LogP contribution in [0, 0.1) is 0 Å². The molecule has 0 radical (unpaired) electrons. The van der Waals surface area contributed by atoms with E-state index in [1.54, 1.807) is 16.4 Å². The van der Waals surface area contributed by atoms with Crippen molar-refractivity contribution in [3.8, 4) is 0 Å². The Bertz CT molecular complexity index is 545. The topological polar surface area (TPSA) is 63.4 Å². The van der Waals surface area contributed by atoms with E-state index in [2.05, 4.69) is 15.9 Å². The third-order valence-corrected chi connectivity index (χ3v) is 6.04. The number of rotatable bonds is 3. The van der Waals surface area contributed by atoms with Crippen molar-refractivity contribution in [2.24, 2.45) is 0 Å². The first-order chi connectivity index (χ1) is 8.46. The molecule has 0 spiro atoms. The predicted molar refractivity (Wildman–Crippen MR) is 75.8 cm³/mol. The highest BCUT2D eigenvalue weighted by molar-refractivity contribution is 9.10. The van der Waals surface area contributed by atoms with Crippen LogP contribution < -0.4 is 5.73 Å². The van der Waals surface area contributed by atoms with E-state index in [9.17, 15) is 8.42 Å². The molecule has 2 rings (SSSR count). The molecule has 1 atom stereocenters. The Kier molecular flexibility index (Phi) is 3.99. The van der Waals surface area contributed by atoms with Crippen molar-refractivity contribution in [1.29, 1.82) is 0 Å². The van der Waals surface area contributed by atoms with Crippen LogP contribution >= 0.6 is 15.9 Å². The smallest absolute Gasteiger partial charge is 0.243 e. The Morgan fingerprint density at radius 1 is 1.50 bits per heavy atom. The minimum absolute atomic E-state index is 0.125. The largest absolute Gasteiger partial charge is 0.398 e. The van der Waals surface area contributed by atoms with Crippen LogP contribution in [0.3, 0.4) is 0 Å². The Hall–Kier alpha value is -0.590. The van der Waals surface area contributed by atoms with Crippen LogP contribution in [0.1, 0.15) is 26.2 Å². The van der Waals surface area contributed by atoms with Gasteiger partial charge in [0.25, 0.3) is 0 Å². The van der Waals surface area contributed by atoms with Gasteiger partial charge < -0.3 is 5.73 Å². The molecule has 0 amide bonds. The highest BCUT2D eigenvalue weighted by Gasteiger charge is 2.34. The quantitative estimate of drug-likeness (QED) is 0.865. The summed E-state index contributed by atoms with van der Waals surface area (Å²) >= 11 is 3.27. The number of sulfonamides is 1. The predicted octanol–water partition coefficient (Wildman–Crippen LogP) is 2.59. The Morgan fingerprint density at radius 3 is 2.83 bits per heavy atom. The Morgan fingerprint density at radius 2 is 2.22 bits per heavy atom. The summed E-state index contributed by atoms with van der Waals surface area (Å²) in [5.41, 5.74) is 6.20. The van der Waals surface area contributed by atoms with Gasteiger partial charge in [0.15, 0.2) is 0 Å². The normalized spacial score (nSPS) is 21.3. The van der Waals surface area contributed by atoms with E-state index in [1.807, 2.05) is 6.92 Å². The lowest BCUT2D eigenvalue weighted by molar-refractivity contribution is 0.379. The van der Waals surface area contributed by atoms with Gasteiger partial charge in [-0.25, -0.2) is 8.42 Å². The van der Waals surface area contributed by atoms with Crippen molar-refractivity contribution < 1.29 is 8.42 Å². The highest BCUT2D eigenvalue weighted by Crippen LogP contribution is 2.30. The monoisotopic (exact) mass is 332 g/mol. The lowest BCUT2D eigenvalue weighted by Gasteiger charge is -2.23. The molecule has 1 fully saturated rings. The van der Waals surface area contributed by atoms with Gasteiger partial charge in [0.05, 0.1) is 4.90 Å². The first-order valence-corrected chi connectivity index (χ1v) is 8.27. The van der Waals surface area contributed by atoms with Crippen molar-refractivity contribution in [2.45, 2.75) is 37.1 Å². The maximum Gasteiger partial charge on any atom is 0.243 e. The fraction of sp³-hybridized carbons (Fsp3) is 0.500. The molecular weight excluding hydrogens is 316 g/mol. The maximum atomic E-state index is 12.5.